The molecule has 66 valence electrons. The van der Waals surface area contributed by atoms with Crippen LogP contribution in [0.15, 0.2) is 23.8 Å². The second kappa shape index (κ2) is 4.31. The highest BCUT2D eigenvalue weighted by atomic mass is 35.5. The van der Waals surface area contributed by atoms with Gasteiger partial charge in [0.05, 0.1) is 5.92 Å². The highest BCUT2D eigenvalue weighted by molar-refractivity contribution is 6.29. The molecule has 0 aromatic rings. The molecule has 0 saturated carbocycles. The maximum Gasteiger partial charge on any atom is 0.309 e. The number of hydrogen-bond donors (Lipinski definition) is 0. The van der Waals surface area contributed by atoms with Gasteiger partial charge < -0.3 is 4.74 Å². The van der Waals surface area contributed by atoms with Crippen LogP contribution in [0.4, 0.5) is 0 Å². The molecule has 0 bridgehead atoms. The Hall–Kier alpha value is -0.760. The van der Waals surface area contributed by atoms with Gasteiger partial charge in [-0.3, -0.25) is 4.79 Å². The van der Waals surface area contributed by atoms with E-state index in [1.807, 2.05) is 12.2 Å². The van der Waals surface area contributed by atoms with E-state index in [2.05, 4.69) is 6.58 Å². The fraction of sp³-hybridized carbons (Fsp3) is 0.444. The summed E-state index contributed by atoms with van der Waals surface area (Å²) < 4.78 is 4.88. The van der Waals surface area contributed by atoms with Gasteiger partial charge in [-0.05, 0) is 12.8 Å². The van der Waals surface area contributed by atoms with Gasteiger partial charge in [0, 0.05) is 5.03 Å². The van der Waals surface area contributed by atoms with Crippen LogP contribution in [0.5, 0.6) is 0 Å². The topological polar surface area (TPSA) is 26.3 Å². The maximum atomic E-state index is 11.2. The summed E-state index contributed by atoms with van der Waals surface area (Å²) in [6, 6.07) is 0. The van der Waals surface area contributed by atoms with Gasteiger partial charge in [0.2, 0.25) is 0 Å². The average molecular weight is 187 g/mol. The third-order valence-corrected chi connectivity index (χ3v) is 1.82. The minimum atomic E-state index is -0.179. The van der Waals surface area contributed by atoms with E-state index >= 15 is 0 Å². The number of carbonyl (C=O) groups is 1. The number of halogens is 1. The number of allylic oxidation sites excluding steroid dienone is 2. The van der Waals surface area contributed by atoms with E-state index in [0.29, 0.717) is 5.03 Å². The Morgan fingerprint density at radius 2 is 2.17 bits per heavy atom. The quantitative estimate of drug-likeness (QED) is 0.499. The molecule has 0 aromatic heterocycles. The number of carbonyl (C=O) groups excluding carboxylic acids is 1. The van der Waals surface area contributed by atoms with Crippen molar-refractivity contribution in [3.8, 4) is 0 Å². The number of esters is 1. The van der Waals surface area contributed by atoms with Gasteiger partial charge in [-0.25, -0.2) is 0 Å². The molecule has 0 amide bonds. The minimum absolute atomic E-state index is 0.000941. The molecule has 12 heavy (non-hydrogen) atoms. The predicted molar refractivity (Wildman–Crippen MR) is 47.8 cm³/mol. The molecular weight excluding hydrogens is 176 g/mol. The van der Waals surface area contributed by atoms with Crippen molar-refractivity contribution in [3.63, 3.8) is 0 Å². The first-order chi connectivity index (χ1) is 5.70. The molecule has 0 unspecified atom stereocenters. The number of ether oxygens (including phenoxy) is 1. The molecule has 0 radical (unpaired) electrons. The van der Waals surface area contributed by atoms with E-state index < -0.39 is 0 Å². The third-order valence-electron chi connectivity index (χ3n) is 1.71. The Kier molecular flexibility index (Phi) is 3.35. The number of rotatable bonds is 3. The molecular formula is C9H11ClO2. The van der Waals surface area contributed by atoms with Gasteiger partial charge in [0.15, 0.2) is 0 Å². The lowest BCUT2D eigenvalue weighted by Gasteiger charge is -2.08. The van der Waals surface area contributed by atoms with Crippen molar-refractivity contribution in [1.29, 1.82) is 0 Å². The molecule has 1 aliphatic rings. The van der Waals surface area contributed by atoms with Crippen LogP contribution < -0.4 is 0 Å². The first kappa shape index (κ1) is 9.33. The summed E-state index contributed by atoms with van der Waals surface area (Å²) in [4.78, 5) is 11.2. The maximum absolute atomic E-state index is 11.2. The average Bonchev–Trinajstić information content (AvgIpc) is 2.51. The van der Waals surface area contributed by atoms with E-state index in [4.69, 9.17) is 16.3 Å². The van der Waals surface area contributed by atoms with E-state index in [9.17, 15) is 4.79 Å². The summed E-state index contributed by atoms with van der Waals surface area (Å²) in [7, 11) is 0. The van der Waals surface area contributed by atoms with Crippen molar-refractivity contribution in [2.75, 3.05) is 6.61 Å². The Labute approximate surface area is 76.9 Å². The standard InChI is InChI=1S/C9H11ClO2/c1-7(10)6-12-9(11)8-4-2-3-5-8/h2-3,8H,1,4-6H2. The summed E-state index contributed by atoms with van der Waals surface area (Å²) in [5.41, 5.74) is 0. The summed E-state index contributed by atoms with van der Waals surface area (Å²) in [5.74, 6) is -0.178. The fourth-order valence-electron chi connectivity index (χ4n) is 1.08. The summed E-state index contributed by atoms with van der Waals surface area (Å²) in [6.07, 6.45) is 5.55. The summed E-state index contributed by atoms with van der Waals surface area (Å²) >= 11 is 5.44. The lowest BCUT2D eigenvalue weighted by molar-refractivity contribution is -0.146. The lowest BCUT2D eigenvalue weighted by atomic mass is 10.1. The number of hydrogen-bond acceptors (Lipinski definition) is 2. The van der Waals surface area contributed by atoms with Crippen molar-refractivity contribution >= 4 is 17.6 Å². The van der Waals surface area contributed by atoms with Crippen molar-refractivity contribution in [3.05, 3.63) is 23.8 Å². The normalized spacial score (nSPS) is 16.4. The Bertz CT molecular complexity index is 213. The van der Waals surface area contributed by atoms with E-state index in [-0.39, 0.29) is 18.5 Å². The van der Waals surface area contributed by atoms with Gasteiger partial charge >= 0.3 is 5.97 Å². The first-order valence-corrected chi connectivity index (χ1v) is 4.23. The Morgan fingerprint density at radius 1 is 1.58 bits per heavy atom. The highest BCUT2D eigenvalue weighted by Crippen LogP contribution is 2.19. The Balaban J connectivity index is 2.24. The molecule has 0 spiro atoms. The Morgan fingerprint density at radius 3 is 2.67 bits per heavy atom. The van der Waals surface area contributed by atoms with Crippen molar-refractivity contribution < 1.29 is 9.53 Å². The summed E-state index contributed by atoms with van der Waals surface area (Å²) in [5, 5.41) is 0.356. The fourth-order valence-corrected chi connectivity index (χ4v) is 1.13. The van der Waals surface area contributed by atoms with Crippen LogP contribution in [-0.2, 0) is 9.53 Å². The second-order valence-corrected chi connectivity index (χ2v) is 3.30. The zero-order valence-electron chi connectivity index (χ0n) is 6.75. The van der Waals surface area contributed by atoms with Crippen molar-refractivity contribution in [2.45, 2.75) is 12.8 Å². The monoisotopic (exact) mass is 186 g/mol. The predicted octanol–water partition coefficient (Wildman–Crippen LogP) is 2.25. The van der Waals surface area contributed by atoms with Gasteiger partial charge in [-0.1, -0.05) is 30.3 Å². The van der Waals surface area contributed by atoms with Crippen LogP contribution in [0.25, 0.3) is 0 Å². The van der Waals surface area contributed by atoms with Crippen LogP contribution in [0, 0.1) is 5.92 Å². The largest absolute Gasteiger partial charge is 0.460 e. The molecule has 0 fully saturated rings. The van der Waals surface area contributed by atoms with Gasteiger partial charge in [-0.2, -0.15) is 0 Å². The zero-order chi connectivity index (χ0) is 8.97. The highest BCUT2D eigenvalue weighted by Gasteiger charge is 2.20. The zero-order valence-corrected chi connectivity index (χ0v) is 7.51. The minimum Gasteiger partial charge on any atom is -0.460 e. The molecule has 0 aromatic carbocycles. The molecule has 1 rings (SSSR count). The lowest BCUT2D eigenvalue weighted by Crippen LogP contribution is -2.15. The smallest absolute Gasteiger partial charge is 0.309 e. The summed E-state index contributed by atoms with van der Waals surface area (Å²) in [6.45, 7) is 3.55. The van der Waals surface area contributed by atoms with E-state index in [1.54, 1.807) is 0 Å². The van der Waals surface area contributed by atoms with Crippen LogP contribution in [0.2, 0.25) is 0 Å². The molecule has 0 aliphatic heterocycles. The molecule has 1 aliphatic carbocycles. The molecule has 0 N–H and O–H groups in total. The van der Waals surface area contributed by atoms with Gasteiger partial charge in [0.1, 0.15) is 6.61 Å². The molecule has 3 heteroatoms. The van der Waals surface area contributed by atoms with Crippen molar-refractivity contribution in [2.24, 2.45) is 5.92 Å². The van der Waals surface area contributed by atoms with Crippen LogP contribution >= 0.6 is 11.6 Å². The van der Waals surface area contributed by atoms with Gasteiger partial charge in [-0.15, -0.1) is 0 Å². The van der Waals surface area contributed by atoms with E-state index in [0.717, 1.165) is 12.8 Å². The molecule has 0 atom stereocenters. The third kappa shape index (κ3) is 2.70. The molecule has 2 nitrogen and oxygen atoms in total. The SMILES string of the molecule is C=C(Cl)COC(=O)C1CC=CC1. The van der Waals surface area contributed by atoms with E-state index in [1.165, 1.54) is 0 Å². The van der Waals surface area contributed by atoms with Crippen LogP contribution in [-0.4, -0.2) is 12.6 Å². The molecule has 0 saturated heterocycles. The van der Waals surface area contributed by atoms with Crippen LogP contribution in [0.1, 0.15) is 12.8 Å². The van der Waals surface area contributed by atoms with Crippen LogP contribution in [0.3, 0.4) is 0 Å². The van der Waals surface area contributed by atoms with Crippen molar-refractivity contribution in [1.82, 2.24) is 0 Å². The second-order valence-electron chi connectivity index (χ2n) is 2.76. The first-order valence-electron chi connectivity index (χ1n) is 3.85. The van der Waals surface area contributed by atoms with Gasteiger partial charge in [0.25, 0.3) is 0 Å². The molecule has 0 heterocycles.